The van der Waals surface area contributed by atoms with Crippen molar-refractivity contribution < 1.29 is 76.4 Å². The van der Waals surface area contributed by atoms with Crippen molar-refractivity contribution in [2.45, 2.75) is 169 Å². The number of hydrogen-bond acceptors (Lipinski definition) is 18. The first kappa shape index (κ1) is 74.9. The minimum atomic E-state index is -1.60. The number of morpholine rings is 2. The maximum Gasteiger partial charge on any atom is 0.329 e. The van der Waals surface area contributed by atoms with Crippen LogP contribution in [0.5, 0.6) is 0 Å². The third-order valence-electron chi connectivity index (χ3n) is 17.4. The lowest BCUT2D eigenvalue weighted by Gasteiger charge is -2.35. The molecular formula is C70H98N10O16. The van der Waals surface area contributed by atoms with Crippen LogP contribution in [0.1, 0.15) is 138 Å². The SMILES string of the molecule is CC(C)C[C@H]1C(=O)O[C@@H](Cc2ccc(Cn3cc(C(=O)N4CCOCC4)cn3)cc2)C(=O)N(C)[C@@H](CC(C)C)C(=O)O[C@@H](C)C(=O)N(C)[C@@H](CC(C)C)C(=O)O[C@@H](Cc2ccc(Cn3cc(C(=O)N4CCOCC4)cn3)cc2)C(=O)N(C)[C@@H](CC(C)C)C(=O)O[C@@H](C)C(=O)N1C. The Morgan fingerprint density at radius 2 is 0.688 bits per heavy atom. The fourth-order valence-electron chi connectivity index (χ4n) is 11.9. The van der Waals surface area contributed by atoms with Gasteiger partial charge in [0.25, 0.3) is 35.4 Å². The van der Waals surface area contributed by atoms with Gasteiger partial charge in [0, 0.05) is 79.6 Å². The number of amides is 6. The standard InChI is InChI=1S/C70H98N10O16/c1-43(2)31-55-67(87)93-47(9)61(81)73(11)58(34-46(7)8)70(90)96-60(36-50-17-21-52(22-18-50)40-80-42-54(38-72-80)64(84)78-25-29-92-30-26-78)66(86)76(14)56(32-44(3)4)68(88)94-48(10)62(82)74(12)57(33-45(5)6)69(89)95-59(65(85)75(55)13)35-49-15-19-51(20-16-49)39-79-41-53(37-71-79)63(83)77-23-27-91-28-24-77/h15-22,37-38,41-48,55-60H,23-36,39-40H2,1-14H3/t47-,48-,55-,56-,57-,58-,59-,60-/m0/s1. The van der Waals surface area contributed by atoms with E-state index in [2.05, 4.69) is 10.2 Å². The number of aromatic nitrogens is 4. The number of likely N-dealkylation sites (N-methyl/N-ethyl adjacent to an activating group) is 4. The van der Waals surface area contributed by atoms with Crippen LogP contribution in [0.15, 0.2) is 73.3 Å². The Morgan fingerprint density at radius 1 is 0.417 bits per heavy atom. The molecule has 26 nitrogen and oxygen atoms in total. The molecule has 3 aliphatic rings. The molecule has 7 rings (SSSR count). The molecule has 0 aliphatic carbocycles. The molecule has 2 aromatic carbocycles. The van der Waals surface area contributed by atoms with Gasteiger partial charge in [0.1, 0.15) is 24.2 Å². The number of hydrogen-bond donors (Lipinski definition) is 0. The van der Waals surface area contributed by atoms with Gasteiger partial charge < -0.3 is 57.8 Å². The summed E-state index contributed by atoms with van der Waals surface area (Å²) in [5, 5.41) is 8.84. The summed E-state index contributed by atoms with van der Waals surface area (Å²) in [6.45, 7) is 21.7. The molecule has 6 amide bonds. The second kappa shape index (κ2) is 34.4. The fourth-order valence-corrected chi connectivity index (χ4v) is 11.9. The van der Waals surface area contributed by atoms with Crippen molar-refractivity contribution in [2.24, 2.45) is 23.7 Å². The van der Waals surface area contributed by atoms with Crippen molar-refractivity contribution in [1.82, 2.24) is 49.0 Å². The summed E-state index contributed by atoms with van der Waals surface area (Å²) in [4.78, 5) is 153. The molecule has 0 bridgehead atoms. The van der Waals surface area contributed by atoms with E-state index in [0.717, 1.165) is 30.7 Å². The molecule has 524 valence electrons. The van der Waals surface area contributed by atoms with E-state index in [1.54, 1.807) is 55.8 Å². The van der Waals surface area contributed by atoms with Gasteiger partial charge in [0.2, 0.25) is 0 Å². The van der Waals surface area contributed by atoms with Gasteiger partial charge in [0.05, 0.1) is 63.0 Å². The summed E-state index contributed by atoms with van der Waals surface area (Å²) in [6.07, 6.45) is -0.111. The van der Waals surface area contributed by atoms with Crippen molar-refractivity contribution in [3.8, 4) is 0 Å². The van der Waals surface area contributed by atoms with Gasteiger partial charge in [-0.05, 0) is 85.5 Å². The van der Waals surface area contributed by atoms with Crippen molar-refractivity contribution in [2.75, 3.05) is 80.8 Å². The smallest absolute Gasteiger partial charge is 0.329 e. The van der Waals surface area contributed by atoms with Crippen LogP contribution in [0.3, 0.4) is 0 Å². The molecule has 96 heavy (non-hydrogen) atoms. The number of esters is 4. The number of benzene rings is 2. The normalized spacial score (nSPS) is 23.2. The monoisotopic (exact) mass is 1330 g/mol. The Morgan fingerprint density at radius 3 is 0.979 bits per heavy atom. The average Bonchev–Trinajstić information content (AvgIpc) is 1.09. The highest BCUT2D eigenvalue weighted by molar-refractivity contribution is 5.96. The molecule has 3 saturated heterocycles. The number of carbonyl (C=O) groups excluding carboxylic acids is 10. The Kier molecular flexibility index (Phi) is 26.8. The van der Waals surface area contributed by atoms with Crippen LogP contribution in [0.4, 0.5) is 0 Å². The zero-order valence-electron chi connectivity index (χ0n) is 58.2. The Labute approximate surface area is 563 Å². The van der Waals surface area contributed by atoms with Crippen molar-refractivity contribution >= 4 is 59.3 Å². The van der Waals surface area contributed by atoms with Crippen molar-refractivity contribution in [3.63, 3.8) is 0 Å². The molecule has 3 fully saturated rings. The van der Waals surface area contributed by atoms with E-state index in [-0.39, 0.29) is 74.0 Å². The second-order valence-electron chi connectivity index (χ2n) is 27.1. The molecule has 0 spiro atoms. The third kappa shape index (κ3) is 20.3. The molecule has 4 aromatic rings. The Balaban J connectivity index is 1.20. The highest BCUT2D eigenvalue weighted by Crippen LogP contribution is 2.26. The predicted molar refractivity (Wildman–Crippen MR) is 351 cm³/mol. The lowest BCUT2D eigenvalue weighted by atomic mass is 9.99. The first-order valence-electron chi connectivity index (χ1n) is 33.3. The topological polar surface area (TPSA) is 281 Å². The van der Waals surface area contributed by atoms with Crippen molar-refractivity contribution in [3.05, 3.63) is 107 Å². The maximum atomic E-state index is 15.2. The van der Waals surface area contributed by atoms with Gasteiger partial charge in [0.15, 0.2) is 24.4 Å². The average molecular weight is 1340 g/mol. The van der Waals surface area contributed by atoms with Crippen LogP contribution in [0.2, 0.25) is 0 Å². The molecule has 2 aromatic heterocycles. The van der Waals surface area contributed by atoms with Gasteiger partial charge in [-0.15, -0.1) is 0 Å². The Bertz CT molecular complexity index is 3100. The number of carbonyl (C=O) groups is 10. The van der Waals surface area contributed by atoms with Crippen LogP contribution in [0, 0.1) is 23.7 Å². The van der Waals surface area contributed by atoms with Gasteiger partial charge in [-0.2, -0.15) is 10.2 Å². The van der Waals surface area contributed by atoms with Gasteiger partial charge >= 0.3 is 23.9 Å². The van der Waals surface area contributed by atoms with Crippen LogP contribution < -0.4 is 0 Å². The fraction of sp³-hybridized carbons (Fsp3) is 0.600. The lowest BCUT2D eigenvalue weighted by molar-refractivity contribution is -0.176. The lowest BCUT2D eigenvalue weighted by Crippen LogP contribution is -2.55. The van der Waals surface area contributed by atoms with Gasteiger partial charge in [-0.3, -0.25) is 38.1 Å². The van der Waals surface area contributed by atoms with E-state index in [1.165, 1.54) is 54.4 Å². The van der Waals surface area contributed by atoms with Crippen LogP contribution in [-0.4, -0.2) is 238 Å². The van der Waals surface area contributed by atoms with Crippen LogP contribution in [0.25, 0.3) is 0 Å². The number of rotatable bonds is 18. The van der Waals surface area contributed by atoms with Crippen molar-refractivity contribution in [1.29, 1.82) is 0 Å². The van der Waals surface area contributed by atoms with E-state index in [0.29, 0.717) is 87.9 Å². The first-order valence-corrected chi connectivity index (χ1v) is 33.3. The van der Waals surface area contributed by atoms with Gasteiger partial charge in [-0.1, -0.05) is 104 Å². The molecule has 8 atom stereocenters. The summed E-state index contributed by atoms with van der Waals surface area (Å²) in [5.74, 6) is -8.21. The van der Waals surface area contributed by atoms with E-state index < -0.39 is 96.1 Å². The quantitative estimate of drug-likeness (QED) is 0.0925. The minimum Gasteiger partial charge on any atom is -0.451 e. The zero-order chi connectivity index (χ0) is 70.2. The van der Waals surface area contributed by atoms with E-state index in [9.17, 15) is 38.4 Å². The molecule has 26 heteroatoms. The number of ether oxygens (including phenoxy) is 6. The van der Waals surface area contributed by atoms with E-state index in [1.807, 2.05) is 79.7 Å². The molecule has 0 radical (unpaired) electrons. The summed E-state index contributed by atoms with van der Waals surface area (Å²) < 4.78 is 38.5. The van der Waals surface area contributed by atoms with Crippen LogP contribution >= 0.6 is 0 Å². The third-order valence-corrected chi connectivity index (χ3v) is 17.4. The Hall–Kier alpha value is -8.52. The molecule has 0 N–H and O–H groups in total. The minimum absolute atomic E-state index is 0.0419. The molecular weight excluding hydrogens is 1240 g/mol. The maximum absolute atomic E-state index is 15.2. The molecule has 3 aliphatic heterocycles. The summed E-state index contributed by atoms with van der Waals surface area (Å²) in [6, 6.07) is 8.91. The summed E-state index contributed by atoms with van der Waals surface area (Å²) in [7, 11) is 5.48. The molecule has 0 saturated carbocycles. The largest absolute Gasteiger partial charge is 0.451 e. The highest BCUT2D eigenvalue weighted by Gasteiger charge is 2.43. The molecule has 0 unspecified atom stereocenters. The summed E-state index contributed by atoms with van der Waals surface area (Å²) >= 11 is 0. The highest BCUT2D eigenvalue weighted by atomic mass is 16.6. The zero-order valence-corrected chi connectivity index (χ0v) is 58.2. The first-order chi connectivity index (χ1) is 45.5. The van der Waals surface area contributed by atoms with Gasteiger partial charge in [-0.25, -0.2) is 19.2 Å². The number of cyclic esters (lactones) is 4. The summed E-state index contributed by atoms with van der Waals surface area (Å²) in [5.41, 5.74) is 3.57. The van der Waals surface area contributed by atoms with Crippen LogP contribution in [-0.2, 0) is 92.7 Å². The molecule has 5 heterocycles. The predicted octanol–water partition coefficient (Wildman–Crippen LogP) is 5.10. The number of nitrogens with zero attached hydrogens (tertiary/aromatic N) is 10. The van der Waals surface area contributed by atoms with E-state index in [4.69, 9.17) is 28.4 Å². The second-order valence-corrected chi connectivity index (χ2v) is 27.1. The van der Waals surface area contributed by atoms with E-state index >= 15 is 9.59 Å².